The second kappa shape index (κ2) is 11.0. The largest absolute Gasteiger partial charge is 0.399 e. The van der Waals surface area contributed by atoms with Crippen LogP contribution in [0.5, 0.6) is 0 Å². The van der Waals surface area contributed by atoms with Gasteiger partial charge in [-0.25, -0.2) is 26.4 Å². The molecule has 13 nitrogen and oxygen atoms in total. The van der Waals surface area contributed by atoms with Gasteiger partial charge in [0.2, 0.25) is 15.8 Å². The van der Waals surface area contributed by atoms with Crippen molar-refractivity contribution in [3.8, 4) is 22.3 Å². The van der Waals surface area contributed by atoms with Gasteiger partial charge in [-0.05, 0) is 73.5 Å². The van der Waals surface area contributed by atoms with Crippen molar-refractivity contribution in [3.63, 3.8) is 0 Å². The normalized spacial score (nSPS) is 11.7. The number of anilines is 2. The van der Waals surface area contributed by atoms with E-state index in [2.05, 4.69) is 4.72 Å². The fraction of sp³-hybridized carbons (Fsp3) is 0.0769. The number of nitrogens with one attached hydrogen (secondary N) is 1. The van der Waals surface area contributed by atoms with Crippen molar-refractivity contribution in [2.45, 2.75) is 23.6 Å². The maximum Gasteiger partial charge on any atom is 0.305 e. The average molecular weight is 634 g/mol. The smallest absolute Gasteiger partial charge is 0.305 e. The molecule has 0 aromatic heterocycles. The highest BCUT2D eigenvalue weighted by Crippen LogP contribution is 2.46. The highest BCUT2D eigenvalue weighted by Gasteiger charge is 2.30. The molecule has 4 aromatic rings. The van der Waals surface area contributed by atoms with E-state index in [0.717, 1.165) is 42.5 Å². The Hall–Kier alpha value is -5.00. The third kappa shape index (κ3) is 5.99. The lowest BCUT2D eigenvalue weighted by Gasteiger charge is -2.21. The fourth-order valence-corrected chi connectivity index (χ4v) is 6.25. The number of primary sulfonamides is 1. The molecule has 0 bridgehead atoms. The van der Waals surface area contributed by atoms with E-state index in [1.54, 1.807) is 0 Å². The second-order valence-electron chi connectivity index (χ2n) is 9.33. The third-order valence-electron chi connectivity index (χ3n) is 6.42. The summed E-state index contributed by atoms with van der Waals surface area (Å²) in [4.78, 5) is 20.4. The van der Waals surface area contributed by atoms with Crippen molar-refractivity contribution >= 4 is 42.8 Å². The molecule has 43 heavy (non-hydrogen) atoms. The van der Waals surface area contributed by atoms with Crippen LogP contribution < -0.4 is 15.6 Å². The number of nitro groups is 2. The van der Waals surface area contributed by atoms with Crippen molar-refractivity contribution < 1.29 is 35.5 Å². The highest BCUT2D eigenvalue weighted by molar-refractivity contribution is 7.92. The zero-order valence-electron chi connectivity index (χ0n) is 22.2. The standard InChI is InChI=1S/C26H21F2N5O8S2/c1-13-9-20(28)23(33(36)37)11-17(13)26-24(42(30,38)39)8-7-21(31-43(40,41)16-5-3-15(29)4-6-16)25(26)18-12-22(32(34)35)14(2)10-19(18)27/h3-12,31H,29H2,1-2H3,(H2,30,38,39). The summed E-state index contributed by atoms with van der Waals surface area (Å²) in [7, 11) is -9.25. The van der Waals surface area contributed by atoms with E-state index >= 15 is 4.39 Å². The lowest BCUT2D eigenvalue weighted by atomic mass is 9.89. The maximum absolute atomic E-state index is 15.7. The van der Waals surface area contributed by atoms with E-state index in [1.807, 2.05) is 0 Å². The number of nitrogens with two attached hydrogens (primary N) is 2. The molecule has 0 spiro atoms. The maximum atomic E-state index is 15.7. The summed E-state index contributed by atoms with van der Waals surface area (Å²) < 4.78 is 84.7. The molecule has 0 aliphatic rings. The molecule has 0 heterocycles. The second-order valence-corrected chi connectivity index (χ2v) is 12.5. The number of hydrogen-bond donors (Lipinski definition) is 3. The van der Waals surface area contributed by atoms with Crippen LogP contribution in [0.25, 0.3) is 22.3 Å². The number of nitro benzene ring substituents is 2. The first-order valence-corrected chi connectivity index (χ1v) is 14.9. The minimum Gasteiger partial charge on any atom is -0.399 e. The van der Waals surface area contributed by atoms with E-state index in [1.165, 1.54) is 26.0 Å². The molecule has 0 amide bonds. The van der Waals surface area contributed by atoms with Crippen molar-refractivity contribution in [2.75, 3.05) is 10.5 Å². The van der Waals surface area contributed by atoms with Crippen LogP contribution in [0.3, 0.4) is 0 Å². The zero-order valence-corrected chi connectivity index (χ0v) is 23.8. The van der Waals surface area contributed by atoms with Gasteiger partial charge in [-0.15, -0.1) is 0 Å². The number of rotatable bonds is 8. The SMILES string of the molecule is Cc1cc(F)c([N+](=O)[O-])cc1-c1c(S(N)(=O)=O)ccc(NS(=O)(=O)c2ccc(N)cc2)c1-c1cc([N+](=O)[O-])c(C)cc1F. The molecule has 0 unspecified atom stereocenters. The monoisotopic (exact) mass is 633 g/mol. The topological polar surface area (TPSA) is 219 Å². The molecule has 0 atom stereocenters. The summed E-state index contributed by atoms with van der Waals surface area (Å²) in [6.07, 6.45) is 0. The van der Waals surface area contributed by atoms with Crippen LogP contribution in [0.4, 0.5) is 31.5 Å². The molecule has 0 saturated carbocycles. The first-order chi connectivity index (χ1) is 19.9. The van der Waals surface area contributed by atoms with Crippen molar-refractivity contribution in [2.24, 2.45) is 5.14 Å². The zero-order chi connectivity index (χ0) is 32.0. The number of benzene rings is 4. The summed E-state index contributed by atoms with van der Waals surface area (Å²) in [6.45, 7) is 2.50. The number of halogens is 2. The van der Waals surface area contributed by atoms with Gasteiger partial charge in [-0.2, -0.15) is 4.39 Å². The Balaban J connectivity index is 2.22. The number of aryl methyl sites for hydroxylation is 2. The summed E-state index contributed by atoms with van der Waals surface area (Å²) in [6, 6.07) is 9.62. The van der Waals surface area contributed by atoms with E-state index in [9.17, 15) is 41.5 Å². The van der Waals surface area contributed by atoms with Crippen LogP contribution in [-0.2, 0) is 20.0 Å². The van der Waals surface area contributed by atoms with Crippen LogP contribution in [0, 0.1) is 45.7 Å². The molecular formula is C26H21F2N5O8S2. The highest BCUT2D eigenvalue weighted by atomic mass is 32.2. The predicted molar refractivity (Wildman–Crippen MR) is 153 cm³/mol. The molecule has 0 aliphatic carbocycles. The Kier molecular flexibility index (Phi) is 7.92. The molecule has 4 aromatic carbocycles. The van der Waals surface area contributed by atoms with Crippen LogP contribution in [0.1, 0.15) is 11.1 Å². The first kappa shape index (κ1) is 30.9. The summed E-state index contributed by atoms with van der Waals surface area (Å²) in [5, 5.41) is 28.8. The number of nitrogens with zero attached hydrogens (tertiary/aromatic N) is 2. The minimum absolute atomic E-state index is 0.0881. The van der Waals surface area contributed by atoms with Gasteiger partial charge in [-0.1, -0.05) is 0 Å². The van der Waals surface area contributed by atoms with Gasteiger partial charge in [0.25, 0.3) is 15.7 Å². The summed E-state index contributed by atoms with van der Waals surface area (Å²) in [5.74, 6) is -2.42. The number of sulfonamides is 2. The van der Waals surface area contributed by atoms with Crippen molar-refractivity contribution in [1.29, 1.82) is 0 Å². The average Bonchev–Trinajstić information content (AvgIpc) is 2.88. The Bertz CT molecular complexity index is 2050. The third-order valence-corrected chi connectivity index (χ3v) is 8.75. The van der Waals surface area contributed by atoms with Gasteiger partial charge < -0.3 is 5.73 Å². The molecule has 4 rings (SSSR count). The van der Waals surface area contributed by atoms with Gasteiger partial charge in [0.05, 0.1) is 25.3 Å². The molecule has 0 saturated heterocycles. The summed E-state index contributed by atoms with van der Waals surface area (Å²) >= 11 is 0. The predicted octanol–water partition coefficient (Wildman–Crippen LogP) is 4.76. The number of hydrogen-bond acceptors (Lipinski definition) is 9. The van der Waals surface area contributed by atoms with Gasteiger partial charge in [-0.3, -0.25) is 25.0 Å². The Labute approximate surface area is 243 Å². The first-order valence-electron chi connectivity index (χ1n) is 11.9. The van der Waals surface area contributed by atoms with E-state index in [4.69, 9.17) is 10.9 Å². The molecule has 5 N–H and O–H groups in total. The molecular weight excluding hydrogens is 612 g/mol. The van der Waals surface area contributed by atoms with E-state index < -0.39 is 80.2 Å². The van der Waals surface area contributed by atoms with Crippen LogP contribution in [0.2, 0.25) is 0 Å². The molecule has 0 fully saturated rings. The lowest BCUT2D eigenvalue weighted by Crippen LogP contribution is -2.17. The molecule has 17 heteroatoms. The Morgan fingerprint density at radius 2 is 1.30 bits per heavy atom. The number of nitrogen functional groups attached to an aromatic ring is 1. The Morgan fingerprint density at radius 1 is 0.744 bits per heavy atom. The van der Waals surface area contributed by atoms with E-state index in [0.29, 0.717) is 6.07 Å². The Morgan fingerprint density at radius 3 is 1.86 bits per heavy atom. The minimum atomic E-state index is -4.75. The van der Waals surface area contributed by atoms with Crippen LogP contribution >= 0.6 is 0 Å². The van der Waals surface area contributed by atoms with Crippen molar-refractivity contribution in [1.82, 2.24) is 0 Å². The van der Waals surface area contributed by atoms with Crippen molar-refractivity contribution in [3.05, 3.63) is 104 Å². The van der Waals surface area contributed by atoms with E-state index in [-0.39, 0.29) is 27.3 Å². The summed E-state index contributed by atoms with van der Waals surface area (Å²) in [5.41, 5.74) is 1.34. The lowest BCUT2D eigenvalue weighted by molar-refractivity contribution is -0.387. The van der Waals surface area contributed by atoms with Crippen LogP contribution in [0.15, 0.2) is 70.5 Å². The molecule has 0 aliphatic heterocycles. The van der Waals surface area contributed by atoms with Gasteiger partial charge >= 0.3 is 5.69 Å². The van der Waals surface area contributed by atoms with Gasteiger partial charge in [0, 0.05) is 40.1 Å². The molecule has 0 radical (unpaired) electrons. The van der Waals surface area contributed by atoms with Crippen LogP contribution in [-0.4, -0.2) is 26.7 Å². The van der Waals surface area contributed by atoms with Gasteiger partial charge in [0.1, 0.15) is 5.82 Å². The van der Waals surface area contributed by atoms with Gasteiger partial charge in [0.15, 0.2) is 0 Å². The fourth-order valence-electron chi connectivity index (χ4n) is 4.42. The quantitative estimate of drug-likeness (QED) is 0.138. The molecule has 224 valence electrons.